The number of hydrogen-bond donors (Lipinski definition) is 2. The molecule has 0 aromatic carbocycles. The molecule has 3 heterocycles. The van der Waals surface area contributed by atoms with Crippen molar-refractivity contribution >= 4 is 29.1 Å². The Morgan fingerprint density at radius 1 is 1.39 bits per heavy atom. The molecule has 3 rings (SSSR count). The molecule has 0 bridgehead atoms. The lowest BCUT2D eigenvalue weighted by Gasteiger charge is -2.25. The van der Waals surface area contributed by atoms with E-state index in [1.165, 1.54) is 4.90 Å². The first kappa shape index (κ1) is 10.6. The number of amides is 3. The first-order chi connectivity index (χ1) is 8.65. The van der Waals surface area contributed by atoms with Crippen LogP contribution in [0.5, 0.6) is 0 Å². The highest BCUT2D eigenvalue weighted by atomic mass is 16.2. The first-order valence-corrected chi connectivity index (χ1v) is 5.49. The van der Waals surface area contributed by atoms with E-state index in [2.05, 4.69) is 10.3 Å². The summed E-state index contributed by atoms with van der Waals surface area (Å²) >= 11 is 0. The molecule has 1 aliphatic heterocycles. The zero-order valence-electron chi connectivity index (χ0n) is 9.46. The molecule has 1 fully saturated rings. The van der Waals surface area contributed by atoms with Crippen LogP contribution in [-0.4, -0.2) is 27.9 Å². The number of urea groups is 1. The second kappa shape index (κ2) is 3.73. The van der Waals surface area contributed by atoms with Crippen LogP contribution < -0.4 is 16.0 Å². The molecule has 7 nitrogen and oxygen atoms in total. The van der Waals surface area contributed by atoms with Crippen LogP contribution in [0.1, 0.15) is 6.42 Å². The summed E-state index contributed by atoms with van der Waals surface area (Å²) in [5, 5.41) is 2.28. The number of fused-ring (bicyclic) bond motifs is 1. The van der Waals surface area contributed by atoms with E-state index in [4.69, 9.17) is 5.73 Å². The van der Waals surface area contributed by atoms with Crippen LogP contribution in [-0.2, 0) is 4.79 Å². The molecule has 0 saturated carbocycles. The SMILES string of the molecule is Nc1ccn2c(N3CCC(=O)NC3=O)cnc2c1. The van der Waals surface area contributed by atoms with Gasteiger partial charge in [0.25, 0.3) is 0 Å². The van der Waals surface area contributed by atoms with Crippen molar-refractivity contribution < 1.29 is 9.59 Å². The van der Waals surface area contributed by atoms with Gasteiger partial charge >= 0.3 is 6.03 Å². The van der Waals surface area contributed by atoms with Gasteiger partial charge in [-0.1, -0.05) is 0 Å². The van der Waals surface area contributed by atoms with E-state index in [9.17, 15) is 9.59 Å². The van der Waals surface area contributed by atoms with E-state index in [1.54, 1.807) is 28.9 Å². The maximum Gasteiger partial charge on any atom is 0.329 e. The number of nitrogen functional groups attached to an aromatic ring is 1. The number of nitrogens with one attached hydrogen (secondary N) is 1. The van der Waals surface area contributed by atoms with Crippen LogP contribution in [0.4, 0.5) is 16.3 Å². The first-order valence-electron chi connectivity index (χ1n) is 5.49. The van der Waals surface area contributed by atoms with E-state index in [0.717, 1.165) is 0 Å². The van der Waals surface area contributed by atoms with Crippen molar-refractivity contribution in [1.82, 2.24) is 14.7 Å². The average molecular weight is 245 g/mol. The second-order valence-corrected chi connectivity index (χ2v) is 4.06. The molecule has 2 aromatic rings. The van der Waals surface area contributed by atoms with Crippen molar-refractivity contribution in [1.29, 1.82) is 0 Å². The smallest absolute Gasteiger partial charge is 0.329 e. The third-order valence-electron chi connectivity index (χ3n) is 2.85. The number of carbonyl (C=O) groups is 2. The Bertz CT molecular complexity index is 648. The third kappa shape index (κ3) is 1.56. The Balaban J connectivity index is 2.04. The number of imide groups is 1. The van der Waals surface area contributed by atoms with Gasteiger partial charge in [-0.15, -0.1) is 0 Å². The number of rotatable bonds is 1. The minimum atomic E-state index is -0.426. The Labute approximate surface area is 102 Å². The summed E-state index contributed by atoms with van der Waals surface area (Å²) in [4.78, 5) is 28.5. The largest absolute Gasteiger partial charge is 0.399 e. The number of aromatic nitrogens is 2. The molecule has 18 heavy (non-hydrogen) atoms. The normalized spacial score (nSPS) is 16.1. The van der Waals surface area contributed by atoms with Gasteiger partial charge in [0.05, 0.1) is 6.20 Å². The number of carbonyl (C=O) groups excluding carboxylic acids is 2. The maximum absolute atomic E-state index is 11.7. The molecule has 1 aliphatic rings. The highest BCUT2D eigenvalue weighted by Crippen LogP contribution is 2.20. The standard InChI is InChI=1S/C11H11N5O2/c12-7-1-3-15-8(5-7)13-6-10(15)16-4-2-9(17)14-11(16)18/h1,3,5-6H,2,4,12H2,(H,14,17,18). The number of nitrogens with zero attached hydrogens (tertiary/aromatic N) is 3. The molecule has 2 aromatic heterocycles. The minimum Gasteiger partial charge on any atom is -0.399 e. The Morgan fingerprint density at radius 2 is 2.22 bits per heavy atom. The predicted octanol–water partition coefficient (Wildman–Crippen LogP) is 0.363. The Kier molecular flexibility index (Phi) is 2.19. The van der Waals surface area contributed by atoms with Gasteiger partial charge in [-0.2, -0.15) is 0 Å². The van der Waals surface area contributed by atoms with Gasteiger partial charge < -0.3 is 5.73 Å². The monoisotopic (exact) mass is 245 g/mol. The fourth-order valence-corrected chi connectivity index (χ4v) is 1.97. The van der Waals surface area contributed by atoms with E-state index < -0.39 is 6.03 Å². The topological polar surface area (TPSA) is 92.7 Å². The van der Waals surface area contributed by atoms with E-state index in [1.807, 2.05) is 0 Å². The van der Waals surface area contributed by atoms with Gasteiger partial charge in [0, 0.05) is 30.9 Å². The molecular weight excluding hydrogens is 234 g/mol. The fourth-order valence-electron chi connectivity index (χ4n) is 1.97. The summed E-state index contributed by atoms with van der Waals surface area (Å²) < 4.78 is 1.76. The van der Waals surface area contributed by atoms with E-state index in [0.29, 0.717) is 23.7 Å². The summed E-state index contributed by atoms with van der Waals surface area (Å²) in [7, 11) is 0. The van der Waals surface area contributed by atoms with Crippen LogP contribution in [0.15, 0.2) is 24.5 Å². The van der Waals surface area contributed by atoms with Crippen molar-refractivity contribution in [3.8, 4) is 0 Å². The number of nitrogens with two attached hydrogens (primary N) is 1. The zero-order valence-corrected chi connectivity index (χ0v) is 9.46. The molecule has 92 valence electrons. The highest BCUT2D eigenvalue weighted by Gasteiger charge is 2.26. The van der Waals surface area contributed by atoms with Crippen LogP contribution in [0.25, 0.3) is 5.65 Å². The second-order valence-electron chi connectivity index (χ2n) is 4.06. The van der Waals surface area contributed by atoms with Gasteiger partial charge in [-0.25, -0.2) is 9.78 Å². The predicted molar refractivity (Wildman–Crippen MR) is 65.1 cm³/mol. The van der Waals surface area contributed by atoms with Gasteiger partial charge in [-0.05, 0) is 6.07 Å². The minimum absolute atomic E-state index is 0.255. The summed E-state index contributed by atoms with van der Waals surface area (Å²) in [6.45, 7) is 0.350. The van der Waals surface area contributed by atoms with Gasteiger partial charge in [0.1, 0.15) is 11.5 Å². The van der Waals surface area contributed by atoms with Crippen molar-refractivity contribution in [2.24, 2.45) is 0 Å². The van der Waals surface area contributed by atoms with Crippen molar-refractivity contribution in [2.45, 2.75) is 6.42 Å². The average Bonchev–Trinajstić information content (AvgIpc) is 2.72. The zero-order chi connectivity index (χ0) is 12.7. The van der Waals surface area contributed by atoms with Crippen molar-refractivity contribution in [2.75, 3.05) is 17.2 Å². The maximum atomic E-state index is 11.7. The molecule has 7 heteroatoms. The van der Waals surface area contributed by atoms with Crippen LogP contribution in [0, 0.1) is 0 Å². The molecule has 0 atom stereocenters. The number of imidazole rings is 1. The molecule has 1 saturated heterocycles. The number of pyridine rings is 1. The summed E-state index contributed by atoms with van der Waals surface area (Å²) in [6, 6.07) is 3.02. The quantitative estimate of drug-likeness (QED) is 0.758. The lowest BCUT2D eigenvalue weighted by molar-refractivity contribution is -0.120. The van der Waals surface area contributed by atoms with Gasteiger partial charge in [0.15, 0.2) is 0 Å². The number of hydrogen-bond acceptors (Lipinski definition) is 4. The van der Waals surface area contributed by atoms with Gasteiger partial charge in [-0.3, -0.25) is 19.4 Å². The Morgan fingerprint density at radius 3 is 3.00 bits per heavy atom. The molecule has 3 amide bonds. The van der Waals surface area contributed by atoms with Gasteiger partial charge in [0.2, 0.25) is 5.91 Å². The summed E-state index contributed by atoms with van der Waals surface area (Å²) in [5.41, 5.74) is 6.94. The molecule has 0 unspecified atom stereocenters. The van der Waals surface area contributed by atoms with Crippen molar-refractivity contribution in [3.05, 3.63) is 24.5 Å². The lowest BCUT2D eigenvalue weighted by atomic mass is 10.3. The highest BCUT2D eigenvalue weighted by molar-refractivity contribution is 6.05. The molecular formula is C11H11N5O2. The molecule has 3 N–H and O–H groups in total. The summed E-state index contributed by atoms with van der Waals surface area (Å²) in [6.07, 6.45) is 3.62. The Hall–Kier alpha value is -2.57. The van der Waals surface area contributed by atoms with Crippen LogP contribution in [0.2, 0.25) is 0 Å². The van der Waals surface area contributed by atoms with Crippen LogP contribution in [0.3, 0.4) is 0 Å². The fraction of sp³-hybridized carbons (Fsp3) is 0.182. The summed E-state index contributed by atoms with van der Waals surface area (Å²) in [5.74, 6) is 0.365. The molecule has 0 spiro atoms. The molecule has 0 aliphatic carbocycles. The lowest BCUT2D eigenvalue weighted by Crippen LogP contribution is -2.50. The molecule has 0 radical (unpaired) electrons. The van der Waals surface area contributed by atoms with Crippen molar-refractivity contribution in [3.63, 3.8) is 0 Å². The third-order valence-corrected chi connectivity index (χ3v) is 2.85. The van der Waals surface area contributed by atoms with E-state index >= 15 is 0 Å². The van der Waals surface area contributed by atoms with E-state index in [-0.39, 0.29) is 12.3 Å². The van der Waals surface area contributed by atoms with Crippen LogP contribution >= 0.6 is 0 Å². The number of anilines is 2.